The van der Waals surface area contributed by atoms with Crippen molar-refractivity contribution < 1.29 is 0 Å². The van der Waals surface area contributed by atoms with Crippen molar-refractivity contribution in [3.8, 4) is 11.8 Å². The minimum absolute atomic E-state index is 0.262. The van der Waals surface area contributed by atoms with Crippen molar-refractivity contribution in [1.82, 2.24) is 0 Å². The molecule has 0 aliphatic heterocycles. The number of rotatable bonds is 1. The first-order valence-corrected chi connectivity index (χ1v) is 6.00. The Kier molecular flexibility index (Phi) is 5.39. The van der Waals surface area contributed by atoms with E-state index in [-0.39, 0.29) is 10.0 Å². The van der Waals surface area contributed by atoms with Crippen LogP contribution in [0.3, 0.4) is 0 Å². The minimum Gasteiger partial charge on any atom is -0.126 e. The lowest BCUT2D eigenvalue weighted by atomic mass is 10.2. The predicted octanol–water partition coefficient (Wildman–Crippen LogP) is 5.28. The molecule has 0 unspecified atom stereocenters. The maximum absolute atomic E-state index is 5.95. The van der Waals surface area contributed by atoms with Gasteiger partial charge in [0.25, 0.3) is 0 Å². The summed E-state index contributed by atoms with van der Waals surface area (Å²) in [6.07, 6.45) is 0.564. The summed E-state index contributed by atoms with van der Waals surface area (Å²) in [6.45, 7) is 0. The van der Waals surface area contributed by atoms with Crippen LogP contribution >= 0.6 is 58.0 Å². The normalized spacial score (nSPS) is 9.67. The molecule has 0 aromatic heterocycles. The molecule has 0 amide bonds. The van der Waals surface area contributed by atoms with Gasteiger partial charge in [0.05, 0.1) is 25.7 Å². The van der Waals surface area contributed by atoms with Gasteiger partial charge in [-0.1, -0.05) is 58.2 Å². The van der Waals surface area contributed by atoms with Gasteiger partial charge in [-0.25, -0.2) is 0 Å². The largest absolute Gasteiger partial charge is 0.126 e. The lowest BCUT2D eigenvalue weighted by Crippen LogP contribution is -1.83. The van der Waals surface area contributed by atoms with E-state index >= 15 is 0 Å². The molecule has 1 aromatic rings. The average Bonchev–Trinajstić information content (AvgIpc) is 2.20. The van der Waals surface area contributed by atoms with Gasteiger partial charge in [0, 0.05) is 12.3 Å². The van der Waals surface area contributed by atoms with E-state index in [9.17, 15) is 0 Å². The highest BCUT2D eigenvalue weighted by Crippen LogP contribution is 2.36. The first-order chi connectivity index (χ1) is 7.07. The summed E-state index contributed by atoms with van der Waals surface area (Å²) >= 11 is 29.0. The van der Waals surface area contributed by atoms with Crippen molar-refractivity contribution in [2.75, 3.05) is 5.88 Å². The van der Waals surface area contributed by atoms with E-state index in [1.54, 1.807) is 0 Å². The van der Waals surface area contributed by atoms with Crippen LogP contribution in [0.25, 0.3) is 0 Å². The summed E-state index contributed by atoms with van der Waals surface area (Å²) in [6, 6.07) is 1.52. The smallest absolute Gasteiger partial charge is 0.0792 e. The first kappa shape index (κ1) is 13.3. The van der Waals surface area contributed by atoms with Crippen molar-refractivity contribution in [2.45, 2.75) is 6.42 Å². The summed E-state index contributed by atoms with van der Waals surface area (Å²) in [7, 11) is 0. The monoisotopic (exact) mass is 300 g/mol. The van der Waals surface area contributed by atoms with E-state index in [1.165, 1.54) is 6.07 Å². The van der Waals surface area contributed by atoms with E-state index in [2.05, 4.69) is 11.8 Å². The van der Waals surface area contributed by atoms with Crippen LogP contribution in [-0.4, -0.2) is 5.88 Å². The van der Waals surface area contributed by atoms with Gasteiger partial charge in [-0.3, -0.25) is 0 Å². The van der Waals surface area contributed by atoms with Crippen LogP contribution in [0.1, 0.15) is 12.0 Å². The van der Waals surface area contributed by atoms with Gasteiger partial charge < -0.3 is 0 Å². The summed E-state index contributed by atoms with van der Waals surface area (Å²) in [4.78, 5) is 0. The first-order valence-electron chi connectivity index (χ1n) is 3.95. The molecule has 0 saturated carbocycles. The van der Waals surface area contributed by atoms with Crippen LogP contribution in [0.2, 0.25) is 20.1 Å². The van der Waals surface area contributed by atoms with E-state index < -0.39 is 0 Å². The van der Waals surface area contributed by atoms with Gasteiger partial charge in [0.1, 0.15) is 0 Å². The lowest BCUT2D eigenvalue weighted by molar-refractivity contribution is 1.29. The van der Waals surface area contributed by atoms with Gasteiger partial charge in [0.15, 0.2) is 0 Å². The third kappa shape index (κ3) is 3.34. The maximum atomic E-state index is 5.95. The fourth-order valence-corrected chi connectivity index (χ4v) is 1.98. The second-order valence-corrected chi connectivity index (χ2v) is 4.53. The van der Waals surface area contributed by atoms with Crippen LogP contribution in [0.5, 0.6) is 0 Å². The number of alkyl halides is 1. The molecule has 0 radical (unpaired) electrons. The number of halogens is 5. The Hall–Kier alpha value is 0.230. The number of benzene rings is 1. The molecule has 5 heteroatoms. The highest BCUT2D eigenvalue weighted by atomic mass is 35.5. The molecule has 0 atom stereocenters. The van der Waals surface area contributed by atoms with Crippen LogP contribution in [-0.2, 0) is 0 Å². The van der Waals surface area contributed by atoms with Crippen molar-refractivity contribution in [3.05, 3.63) is 31.7 Å². The predicted molar refractivity (Wildman–Crippen MR) is 68.7 cm³/mol. The van der Waals surface area contributed by atoms with Crippen molar-refractivity contribution >= 4 is 58.0 Å². The summed E-state index contributed by atoms with van der Waals surface area (Å²) in [5, 5.41) is 1.24. The molecule has 0 saturated heterocycles. The van der Waals surface area contributed by atoms with Crippen LogP contribution in [0, 0.1) is 11.8 Å². The Morgan fingerprint density at radius 3 is 2.27 bits per heavy atom. The molecule has 0 aliphatic carbocycles. The van der Waals surface area contributed by atoms with Crippen LogP contribution < -0.4 is 0 Å². The van der Waals surface area contributed by atoms with Crippen LogP contribution in [0.15, 0.2) is 6.07 Å². The third-order valence-electron chi connectivity index (χ3n) is 1.55. The molecule has 0 N–H and O–H groups in total. The van der Waals surface area contributed by atoms with Gasteiger partial charge >= 0.3 is 0 Å². The number of hydrogen-bond donors (Lipinski definition) is 0. The molecule has 0 bridgehead atoms. The second-order valence-electron chi connectivity index (χ2n) is 2.58. The lowest BCUT2D eigenvalue weighted by Gasteiger charge is -2.03. The Balaban J connectivity index is 3.20. The molecule has 1 aromatic carbocycles. The molecule has 0 spiro atoms. The van der Waals surface area contributed by atoms with E-state index in [1.807, 2.05) is 0 Å². The minimum atomic E-state index is 0.262. The highest BCUT2D eigenvalue weighted by molar-refractivity contribution is 6.49. The molecule has 80 valence electrons. The molecule has 0 aliphatic rings. The zero-order chi connectivity index (χ0) is 11.4. The molecular formula is C10H5Cl5. The molecule has 1 rings (SSSR count). The van der Waals surface area contributed by atoms with Crippen molar-refractivity contribution in [3.63, 3.8) is 0 Å². The van der Waals surface area contributed by atoms with Crippen LogP contribution in [0.4, 0.5) is 0 Å². The van der Waals surface area contributed by atoms with E-state index in [0.717, 1.165) is 0 Å². The van der Waals surface area contributed by atoms with Gasteiger partial charge in [-0.15, -0.1) is 11.6 Å². The molecule has 15 heavy (non-hydrogen) atoms. The zero-order valence-electron chi connectivity index (χ0n) is 7.38. The fourth-order valence-electron chi connectivity index (χ4n) is 0.879. The molecular weight excluding hydrogens is 297 g/mol. The quantitative estimate of drug-likeness (QED) is 0.286. The Labute approximate surface area is 113 Å². The molecule has 0 fully saturated rings. The third-order valence-corrected chi connectivity index (χ3v) is 3.30. The Bertz CT molecular complexity index is 428. The number of hydrogen-bond acceptors (Lipinski definition) is 0. The van der Waals surface area contributed by atoms with Gasteiger partial charge in [-0.2, -0.15) is 0 Å². The van der Waals surface area contributed by atoms with Crippen molar-refractivity contribution in [2.24, 2.45) is 0 Å². The summed E-state index contributed by atoms with van der Waals surface area (Å²) in [5.41, 5.74) is 0.484. The molecule has 0 heterocycles. The highest BCUT2D eigenvalue weighted by Gasteiger charge is 2.11. The SMILES string of the molecule is ClCCC#Cc1c(Cl)cc(Cl)c(Cl)c1Cl. The maximum Gasteiger partial charge on any atom is 0.0792 e. The van der Waals surface area contributed by atoms with Gasteiger partial charge in [-0.05, 0) is 6.07 Å². The zero-order valence-corrected chi connectivity index (χ0v) is 11.2. The van der Waals surface area contributed by atoms with E-state index in [0.29, 0.717) is 27.9 Å². The molecule has 0 nitrogen and oxygen atoms in total. The summed E-state index contributed by atoms with van der Waals surface area (Å²) in [5.74, 6) is 6.10. The van der Waals surface area contributed by atoms with Crippen molar-refractivity contribution in [1.29, 1.82) is 0 Å². The Morgan fingerprint density at radius 1 is 1.00 bits per heavy atom. The summed E-state index contributed by atoms with van der Waals surface area (Å²) < 4.78 is 0. The standard InChI is InChI=1S/C10H5Cl5/c11-4-2-1-3-6-7(12)5-8(13)10(15)9(6)14/h5H,2,4H2. The Morgan fingerprint density at radius 2 is 1.67 bits per heavy atom. The topological polar surface area (TPSA) is 0 Å². The second kappa shape index (κ2) is 6.09. The average molecular weight is 302 g/mol. The van der Waals surface area contributed by atoms with E-state index in [4.69, 9.17) is 58.0 Å². The fraction of sp³-hybridized carbons (Fsp3) is 0.200. The van der Waals surface area contributed by atoms with Gasteiger partial charge in [0.2, 0.25) is 0 Å².